The largest absolute Gasteiger partial charge is 0.381 e. The number of hydrogen-bond donors (Lipinski definition) is 2. The molecule has 1 aliphatic rings. The zero-order valence-corrected chi connectivity index (χ0v) is 11.5. The van der Waals surface area contributed by atoms with Crippen LogP contribution in [0.4, 0.5) is 16.2 Å². The lowest BCUT2D eigenvalue weighted by Gasteiger charge is -2.33. The Hall–Kier alpha value is -1.43. The molecule has 0 atom stereocenters. The normalized spacial score (nSPS) is 18.1. The summed E-state index contributed by atoms with van der Waals surface area (Å²) in [6.07, 6.45) is 3.15. The summed E-state index contributed by atoms with van der Waals surface area (Å²) in [5.74, 6) is 0.291. The second-order valence-corrected chi connectivity index (χ2v) is 5.20. The first-order chi connectivity index (χ1) is 9.13. The smallest absolute Gasteiger partial charge is 0.224 e. The molecule has 5 nitrogen and oxygen atoms in total. The quantitative estimate of drug-likeness (QED) is 0.858. The van der Waals surface area contributed by atoms with Crippen molar-refractivity contribution in [1.29, 1.82) is 0 Å². The third-order valence-electron chi connectivity index (χ3n) is 3.46. The fraction of sp³-hybridized carbons (Fsp3) is 0.692. The molecule has 0 unspecified atom stereocenters. The van der Waals surface area contributed by atoms with Gasteiger partial charge in [-0.05, 0) is 25.2 Å². The van der Waals surface area contributed by atoms with E-state index in [0.717, 1.165) is 26.1 Å². The molecule has 19 heavy (non-hydrogen) atoms. The molecule has 2 N–H and O–H groups in total. The van der Waals surface area contributed by atoms with Crippen LogP contribution in [0.2, 0.25) is 0 Å². The van der Waals surface area contributed by atoms with Crippen molar-refractivity contribution in [2.24, 2.45) is 5.41 Å². The summed E-state index contributed by atoms with van der Waals surface area (Å²) in [5.41, 5.74) is 0.133. The van der Waals surface area contributed by atoms with Gasteiger partial charge < -0.3 is 15.4 Å². The van der Waals surface area contributed by atoms with E-state index in [1.165, 1.54) is 6.20 Å². The van der Waals surface area contributed by atoms with Crippen molar-refractivity contribution >= 4 is 11.8 Å². The lowest BCUT2D eigenvalue weighted by Crippen LogP contribution is -2.33. The summed E-state index contributed by atoms with van der Waals surface area (Å²) in [6, 6.07) is 0. The molecule has 2 heterocycles. The Morgan fingerprint density at radius 3 is 2.79 bits per heavy atom. The van der Waals surface area contributed by atoms with Crippen LogP contribution in [-0.4, -0.2) is 36.3 Å². The monoisotopic (exact) mass is 268 g/mol. The first-order valence-corrected chi connectivity index (χ1v) is 6.71. The van der Waals surface area contributed by atoms with E-state index >= 15 is 0 Å². The number of anilines is 2. The lowest BCUT2D eigenvalue weighted by molar-refractivity contribution is 0.0299. The third-order valence-corrected chi connectivity index (χ3v) is 3.46. The molecule has 1 aromatic rings. The number of rotatable bonds is 5. The molecule has 0 saturated carbocycles. The molecule has 0 aliphatic carbocycles. The number of nitrogens with one attached hydrogen (secondary N) is 2. The Kier molecular flexibility index (Phi) is 4.52. The summed E-state index contributed by atoms with van der Waals surface area (Å²) in [5, 5.41) is 6.07. The Morgan fingerprint density at radius 2 is 2.11 bits per heavy atom. The van der Waals surface area contributed by atoms with Gasteiger partial charge in [0.2, 0.25) is 5.95 Å². The van der Waals surface area contributed by atoms with E-state index in [4.69, 9.17) is 4.74 Å². The van der Waals surface area contributed by atoms with Gasteiger partial charge in [0.1, 0.15) is 0 Å². The zero-order chi connectivity index (χ0) is 13.7. The minimum absolute atomic E-state index is 0.133. The maximum absolute atomic E-state index is 13.6. The predicted octanol–water partition coefficient (Wildman–Crippen LogP) is 2.28. The van der Waals surface area contributed by atoms with Crippen LogP contribution in [-0.2, 0) is 4.74 Å². The molecule has 0 amide bonds. The van der Waals surface area contributed by atoms with E-state index in [1.807, 2.05) is 6.92 Å². The maximum atomic E-state index is 13.6. The van der Waals surface area contributed by atoms with Crippen LogP contribution in [0.3, 0.4) is 0 Å². The number of nitrogens with zero attached hydrogens (tertiary/aromatic N) is 2. The van der Waals surface area contributed by atoms with Crippen molar-refractivity contribution in [2.75, 3.05) is 36.9 Å². The summed E-state index contributed by atoms with van der Waals surface area (Å²) in [4.78, 5) is 8.02. The summed E-state index contributed by atoms with van der Waals surface area (Å²) in [6.45, 7) is 7.08. The molecular weight excluding hydrogens is 247 g/mol. The van der Waals surface area contributed by atoms with Crippen molar-refractivity contribution in [1.82, 2.24) is 9.97 Å². The molecular formula is C13H21FN4O. The minimum atomic E-state index is -0.419. The third kappa shape index (κ3) is 3.76. The van der Waals surface area contributed by atoms with E-state index < -0.39 is 5.82 Å². The predicted molar refractivity (Wildman–Crippen MR) is 72.8 cm³/mol. The molecule has 0 aromatic carbocycles. The van der Waals surface area contributed by atoms with Gasteiger partial charge in [0.05, 0.1) is 6.20 Å². The van der Waals surface area contributed by atoms with Crippen LogP contribution in [0.25, 0.3) is 0 Å². The molecule has 2 rings (SSSR count). The maximum Gasteiger partial charge on any atom is 0.224 e. The van der Waals surface area contributed by atoms with E-state index in [0.29, 0.717) is 19.0 Å². The van der Waals surface area contributed by atoms with Gasteiger partial charge >= 0.3 is 0 Å². The van der Waals surface area contributed by atoms with Gasteiger partial charge in [-0.1, -0.05) is 6.92 Å². The Labute approximate surface area is 113 Å². The van der Waals surface area contributed by atoms with Crippen LogP contribution in [0.5, 0.6) is 0 Å². The van der Waals surface area contributed by atoms with Crippen LogP contribution in [0.15, 0.2) is 6.20 Å². The highest BCUT2D eigenvalue weighted by Crippen LogP contribution is 2.30. The summed E-state index contributed by atoms with van der Waals surface area (Å²) >= 11 is 0. The van der Waals surface area contributed by atoms with E-state index in [9.17, 15) is 4.39 Å². The van der Waals surface area contributed by atoms with Crippen molar-refractivity contribution in [3.63, 3.8) is 0 Å². The first kappa shape index (κ1) is 14.0. The van der Waals surface area contributed by atoms with Gasteiger partial charge in [-0.3, -0.25) is 0 Å². The molecule has 1 saturated heterocycles. The molecule has 6 heteroatoms. The van der Waals surface area contributed by atoms with Crippen LogP contribution < -0.4 is 10.6 Å². The highest BCUT2D eigenvalue weighted by atomic mass is 19.1. The van der Waals surface area contributed by atoms with E-state index in [1.54, 1.807) is 0 Å². The SMILES string of the molecule is CCNc1ncc(F)c(NCC2(C)CCOCC2)n1. The van der Waals surface area contributed by atoms with Gasteiger partial charge in [0, 0.05) is 26.3 Å². The molecule has 0 spiro atoms. The summed E-state index contributed by atoms with van der Waals surface area (Å²) < 4.78 is 19.0. The van der Waals surface area contributed by atoms with Gasteiger partial charge in [-0.15, -0.1) is 0 Å². The van der Waals surface area contributed by atoms with Gasteiger partial charge in [-0.2, -0.15) is 4.98 Å². The molecule has 106 valence electrons. The van der Waals surface area contributed by atoms with Gasteiger partial charge in [0.25, 0.3) is 0 Å². The minimum Gasteiger partial charge on any atom is -0.381 e. The molecule has 0 bridgehead atoms. The van der Waals surface area contributed by atoms with Crippen LogP contribution in [0, 0.1) is 11.2 Å². The van der Waals surface area contributed by atoms with Crippen molar-refractivity contribution in [3.05, 3.63) is 12.0 Å². The first-order valence-electron chi connectivity index (χ1n) is 6.71. The Balaban J connectivity index is 1.99. The average molecular weight is 268 g/mol. The second kappa shape index (κ2) is 6.14. The Bertz CT molecular complexity index is 421. The number of ether oxygens (including phenoxy) is 1. The average Bonchev–Trinajstić information content (AvgIpc) is 2.41. The lowest BCUT2D eigenvalue weighted by atomic mass is 9.82. The highest BCUT2D eigenvalue weighted by Gasteiger charge is 2.27. The topological polar surface area (TPSA) is 59.1 Å². The van der Waals surface area contributed by atoms with Crippen LogP contribution in [0.1, 0.15) is 26.7 Å². The zero-order valence-electron chi connectivity index (χ0n) is 11.5. The van der Waals surface area contributed by atoms with Gasteiger partial charge in [0.15, 0.2) is 11.6 Å². The van der Waals surface area contributed by atoms with Crippen molar-refractivity contribution in [2.45, 2.75) is 26.7 Å². The number of aromatic nitrogens is 2. The van der Waals surface area contributed by atoms with Crippen molar-refractivity contribution < 1.29 is 9.13 Å². The fourth-order valence-electron chi connectivity index (χ4n) is 2.07. The van der Waals surface area contributed by atoms with Crippen LogP contribution >= 0.6 is 0 Å². The van der Waals surface area contributed by atoms with Gasteiger partial charge in [-0.25, -0.2) is 9.37 Å². The number of halogens is 1. The molecule has 1 aromatic heterocycles. The molecule has 1 fully saturated rings. The molecule has 0 radical (unpaired) electrons. The highest BCUT2D eigenvalue weighted by molar-refractivity contribution is 5.41. The summed E-state index contributed by atoms with van der Waals surface area (Å²) in [7, 11) is 0. The second-order valence-electron chi connectivity index (χ2n) is 5.20. The van der Waals surface area contributed by atoms with Crippen molar-refractivity contribution in [3.8, 4) is 0 Å². The standard InChI is InChI=1S/C13H21FN4O/c1-3-15-12-16-8-10(14)11(18-12)17-9-13(2)4-6-19-7-5-13/h8H,3-7,9H2,1-2H3,(H2,15,16,17,18). The number of hydrogen-bond acceptors (Lipinski definition) is 5. The van der Waals surface area contributed by atoms with E-state index in [2.05, 4.69) is 27.5 Å². The van der Waals surface area contributed by atoms with E-state index in [-0.39, 0.29) is 11.2 Å². The molecule has 1 aliphatic heterocycles. The fourth-order valence-corrected chi connectivity index (χ4v) is 2.07. The Morgan fingerprint density at radius 1 is 1.37 bits per heavy atom.